The molecule has 7 aliphatic rings. The van der Waals surface area contributed by atoms with Crippen LogP contribution in [0, 0.1) is 34.5 Å². The fourth-order valence-electron chi connectivity index (χ4n) is 11.6. The number of aliphatic hydroxyl groups is 2. The lowest BCUT2D eigenvalue weighted by atomic mass is 9.45. The number of benzene rings is 1. The third kappa shape index (κ3) is 5.14. The Bertz CT molecular complexity index is 1360. The van der Waals surface area contributed by atoms with Gasteiger partial charge >= 0.3 is 0 Å². The number of fused-ring (bicyclic) bond motifs is 7. The molecule has 3 heterocycles. The maximum absolute atomic E-state index is 10.6. The highest BCUT2D eigenvalue weighted by Crippen LogP contribution is 2.65. The minimum atomic E-state index is -0.875. The monoisotopic (exact) mass is 617 g/mol. The molecule has 0 bridgehead atoms. The molecule has 3 N–H and O–H groups in total. The quantitative estimate of drug-likeness (QED) is 0.248. The Labute approximate surface area is 269 Å². The number of hydrogen-bond donors (Lipinski definition) is 3. The highest BCUT2D eigenvalue weighted by Gasteiger charge is 2.59. The molecule has 0 spiro atoms. The number of nitrogens with zero attached hydrogens (tertiary/aromatic N) is 2. The summed E-state index contributed by atoms with van der Waals surface area (Å²) in [6, 6.07) is 2.34. The van der Waals surface area contributed by atoms with Crippen molar-refractivity contribution in [2.45, 2.75) is 116 Å². The lowest BCUT2D eigenvalue weighted by molar-refractivity contribution is -0.114. The summed E-state index contributed by atoms with van der Waals surface area (Å²) in [5.41, 5.74) is 8.43. The molecule has 0 amide bonds. The number of aryl methyl sites for hydroxylation is 1. The lowest BCUT2D eigenvalue weighted by Crippen LogP contribution is -2.54. The van der Waals surface area contributed by atoms with Crippen molar-refractivity contribution in [1.29, 1.82) is 0 Å². The number of anilines is 1. The standard InChI is InChI=1S/C38H55N3O4/c1-37-14-11-27(42)23-26(37)7-8-28-31-9-10-33(38(31,2)15-12-32(28)37)40-44-20-17-39-16-13-24-22-34(43)45-36-29-6-4-19-41-18-3-5-25(35(29)41)21-30(24)36/h21-22,26-28,31-32,34,39,42-43H,3-20,23H2,1-2H3/b40-33-/t26-,27+,28-,31-,32-,34?,37-,38-/m0/s1. The molecule has 0 saturated heterocycles. The van der Waals surface area contributed by atoms with Gasteiger partial charge in [-0.1, -0.05) is 19.0 Å². The summed E-state index contributed by atoms with van der Waals surface area (Å²) < 4.78 is 6.04. The van der Waals surface area contributed by atoms with Crippen molar-refractivity contribution in [3.63, 3.8) is 0 Å². The lowest BCUT2D eigenvalue weighted by Gasteiger charge is -2.60. The van der Waals surface area contributed by atoms with E-state index in [1.807, 2.05) is 6.08 Å². The van der Waals surface area contributed by atoms with Gasteiger partial charge < -0.3 is 30.0 Å². The van der Waals surface area contributed by atoms with Gasteiger partial charge in [-0.2, -0.15) is 0 Å². The van der Waals surface area contributed by atoms with Crippen LogP contribution in [0.5, 0.6) is 5.75 Å². The summed E-state index contributed by atoms with van der Waals surface area (Å²) in [4.78, 5) is 8.51. The maximum Gasteiger partial charge on any atom is 0.217 e. The topological polar surface area (TPSA) is 86.6 Å². The van der Waals surface area contributed by atoms with E-state index in [1.54, 1.807) is 0 Å². The zero-order chi connectivity index (χ0) is 30.8. The summed E-state index contributed by atoms with van der Waals surface area (Å²) in [7, 11) is 0. The van der Waals surface area contributed by atoms with E-state index in [0.717, 1.165) is 94.6 Å². The van der Waals surface area contributed by atoms with Crippen LogP contribution in [0.15, 0.2) is 17.3 Å². The van der Waals surface area contributed by atoms with E-state index in [9.17, 15) is 10.2 Å². The number of rotatable bonds is 7. The normalized spacial score (nSPS) is 39.2. The van der Waals surface area contributed by atoms with Crippen molar-refractivity contribution in [2.24, 2.45) is 39.7 Å². The molecule has 1 unspecified atom stereocenters. The molecule has 0 radical (unpaired) electrons. The fourth-order valence-corrected chi connectivity index (χ4v) is 11.6. The number of aliphatic hydroxyl groups excluding tert-OH is 2. The Morgan fingerprint density at radius 1 is 1.00 bits per heavy atom. The van der Waals surface area contributed by atoms with Gasteiger partial charge in [-0.15, -0.1) is 0 Å². The Balaban J connectivity index is 0.847. The minimum Gasteiger partial charge on any atom is -0.460 e. The van der Waals surface area contributed by atoms with Gasteiger partial charge in [-0.3, -0.25) is 0 Å². The molecule has 0 aromatic heterocycles. The predicted molar refractivity (Wildman–Crippen MR) is 179 cm³/mol. The molecular formula is C38H55N3O4. The van der Waals surface area contributed by atoms with Crippen molar-refractivity contribution in [3.8, 4) is 5.75 Å². The SMILES string of the molecule is C[C@]12CC[C@@H](O)C[C@@H]1CC[C@@H]1[C@@H]2CC[C@]2(C)/C(=N\OCCNCCC3=CC(O)Oc4c3cc3c5c4CCCN5CCC3)CC[C@@H]12. The summed E-state index contributed by atoms with van der Waals surface area (Å²) in [5.74, 6) is 3.98. The smallest absolute Gasteiger partial charge is 0.217 e. The largest absolute Gasteiger partial charge is 0.460 e. The van der Waals surface area contributed by atoms with Gasteiger partial charge in [-0.25, -0.2) is 0 Å². The Kier molecular flexibility index (Phi) is 7.97. The third-order valence-corrected chi connectivity index (χ3v) is 13.9. The van der Waals surface area contributed by atoms with Crippen molar-refractivity contribution in [1.82, 2.24) is 5.32 Å². The van der Waals surface area contributed by atoms with Crippen LogP contribution in [0.1, 0.15) is 108 Å². The van der Waals surface area contributed by atoms with E-state index in [0.29, 0.717) is 17.9 Å². The molecule has 246 valence electrons. The second-order valence-corrected chi connectivity index (χ2v) is 16.1. The van der Waals surface area contributed by atoms with Gasteiger partial charge in [0.05, 0.1) is 11.8 Å². The summed E-state index contributed by atoms with van der Waals surface area (Å²) in [6.07, 6.45) is 17.1. The molecule has 8 rings (SSSR count). The zero-order valence-electron chi connectivity index (χ0n) is 27.7. The minimum absolute atomic E-state index is 0.0715. The first-order valence-electron chi connectivity index (χ1n) is 18.4. The molecule has 1 aromatic carbocycles. The summed E-state index contributed by atoms with van der Waals surface area (Å²) in [5, 5.41) is 29.3. The Morgan fingerprint density at radius 2 is 1.87 bits per heavy atom. The molecular weight excluding hydrogens is 562 g/mol. The molecule has 4 aliphatic carbocycles. The van der Waals surface area contributed by atoms with Gasteiger partial charge in [0.15, 0.2) is 0 Å². The third-order valence-electron chi connectivity index (χ3n) is 13.9. The van der Waals surface area contributed by atoms with Crippen LogP contribution in [0.25, 0.3) is 5.57 Å². The fraction of sp³-hybridized carbons (Fsp3) is 0.763. The first kappa shape index (κ1) is 30.3. The van der Waals surface area contributed by atoms with Crippen molar-refractivity contribution in [3.05, 3.63) is 28.8 Å². The van der Waals surface area contributed by atoms with Crippen LogP contribution in [0.2, 0.25) is 0 Å². The van der Waals surface area contributed by atoms with Gasteiger partial charge in [0.25, 0.3) is 0 Å². The first-order chi connectivity index (χ1) is 21.8. The van der Waals surface area contributed by atoms with Gasteiger partial charge in [0.1, 0.15) is 12.4 Å². The second-order valence-electron chi connectivity index (χ2n) is 16.1. The average Bonchev–Trinajstić information content (AvgIpc) is 3.37. The van der Waals surface area contributed by atoms with Crippen molar-refractivity contribution < 1.29 is 19.8 Å². The average molecular weight is 618 g/mol. The zero-order valence-corrected chi connectivity index (χ0v) is 27.7. The molecule has 3 aliphatic heterocycles. The van der Waals surface area contributed by atoms with Crippen molar-refractivity contribution >= 4 is 17.0 Å². The summed E-state index contributed by atoms with van der Waals surface area (Å²) in [6.45, 7) is 9.49. The van der Waals surface area contributed by atoms with Crippen LogP contribution in [-0.2, 0) is 17.7 Å². The van der Waals surface area contributed by atoms with E-state index < -0.39 is 6.29 Å². The number of hydrogen-bond acceptors (Lipinski definition) is 7. The van der Waals surface area contributed by atoms with Crippen molar-refractivity contribution in [2.75, 3.05) is 37.7 Å². The molecule has 7 nitrogen and oxygen atoms in total. The van der Waals surface area contributed by atoms with Gasteiger partial charge in [0, 0.05) is 41.9 Å². The van der Waals surface area contributed by atoms with E-state index in [-0.39, 0.29) is 11.5 Å². The van der Waals surface area contributed by atoms with Crippen LogP contribution in [0.4, 0.5) is 5.69 Å². The Morgan fingerprint density at radius 3 is 2.76 bits per heavy atom. The van der Waals surface area contributed by atoms with Crippen LogP contribution >= 0.6 is 0 Å². The number of ether oxygens (including phenoxy) is 1. The number of oxime groups is 1. The first-order valence-corrected chi connectivity index (χ1v) is 18.4. The maximum atomic E-state index is 10.6. The summed E-state index contributed by atoms with van der Waals surface area (Å²) >= 11 is 0. The van der Waals surface area contributed by atoms with E-state index >= 15 is 0 Å². The molecule has 1 aromatic rings. The van der Waals surface area contributed by atoms with Gasteiger partial charge in [-0.05, 0) is 149 Å². The second kappa shape index (κ2) is 11.9. The van der Waals surface area contributed by atoms with E-state index in [4.69, 9.17) is 14.7 Å². The van der Waals surface area contributed by atoms with Gasteiger partial charge in [0.2, 0.25) is 6.29 Å². The van der Waals surface area contributed by atoms with Crippen LogP contribution < -0.4 is 15.0 Å². The predicted octanol–water partition coefficient (Wildman–Crippen LogP) is 6.24. The molecule has 4 fully saturated rings. The van der Waals surface area contributed by atoms with E-state index in [2.05, 4.69) is 30.1 Å². The highest BCUT2D eigenvalue weighted by atomic mass is 16.6. The molecule has 45 heavy (non-hydrogen) atoms. The molecule has 8 atom stereocenters. The molecule has 7 heteroatoms. The number of nitrogens with one attached hydrogen (secondary N) is 1. The Hall–Kier alpha value is -2.09. The highest BCUT2D eigenvalue weighted by molar-refractivity contribution is 5.92. The van der Waals surface area contributed by atoms with Crippen LogP contribution in [0.3, 0.4) is 0 Å². The van der Waals surface area contributed by atoms with E-state index in [1.165, 1.54) is 78.6 Å². The van der Waals surface area contributed by atoms with Crippen LogP contribution in [-0.4, -0.2) is 61.1 Å². The molecule has 4 saturated carbocycles.